The minimum absolute atomic E-state index is 0.00579. The average Bonchev–Trinajstić information content (AvgIpc) is 3.15. The normalized spacial score (nSPS) is 32.8. The van der Waals surface area contributed by atoms with Crippen molar-refractivity contribution in [2.24, 2.45) is 23.2 Å². The number of hydrogen-bond acceptors (Lipinski definition) is 5. The van der Waals surface area contributed by atoms with Gasteiger partial charge < -0.3 is 20.1 Å². The van der Waals surface area contributed by atoms with Crippen LogP contribution in [0.25, 0.3) is 0 Å². The molecule has 6 atom stereocenters. The number of carbonyl (C=O) groups is 2. The lowest BCUT2D eigenvalue weighted by atomic mass is 9.60. The Kier molecular flexibility index (Phi) is 10.4. The van der Waals surface area contributed by atoms with E-state index in [1.807, 2.05) is 13.8 Å². The van der Waals surface area contributed by atoms with Crippen LogP contribution in [-0.4, -0.2) is 45.1 Å². The second kappa shape index (κ2) is 13.0. The molecule has 0 bridgehead atoms. The molecule has 6 nitrogen and oxygen atoms in total. The van der Waals surface area contributed by atoms with E-state index in [1.165, 1.54) is 5.57 Å². The zero-order valence-corrected chi connectivity index (χ0v) is 24.0. The zero-order chi connectivity index (χ0) is 28.1. The van der Waals surface area contributed by atoms with Crippen LogP contribution >= 0.6 is 0 Å². The molecule has 0 saturated heterocycles. The number of aliphatic hydroxyl groups excluding tert-OH is 1. The van der Waals surface area contributed by atoms with E-state index in [0.717, 1.165) is 62.5 Å². The van der Waals surface area contributed by atoms with Gasteiger partial charge in [0.25, 0.3) is 0 Å². The molecule has 0 radical (unpaired) electrons. The van der Waals surface area contributed by atoms with Crippen LogP contribution in [0.4, 0.5) is 0 Å². The van der Waals surface area contributed by atoms with Gasteiger partial charge in [-0.05, 0) is 94.0 Å². The van der Waals surface area contributed by atoms with Crippen LogP contribution in [0.15, 0.2) is 35.5 Å². The summed E-state index contributed by atoms with van der Waals surface area (Å²) in [7, 11) is 0. The molecule has 0 aromatic rings. The second-order valence-corrected chi connectivity index (χ2v) is 13.1. The molecule has 1 unspecified atom stereocenters. The molecule has 3 aliphatic carbocycles. The Bertz CT molecular complexity index is 925. The maximum Gasteiger partial charge on any atom is 0.306 e. The van der Waals surface area contributed by atoms with Crippen molar-refractivity contribution in [3.63, 3.8) is 0 Å². The summed E-state index contributed by atoms with van der Waals surface area (Å²) >= 11 is 0. The second-order valence-electron chi connectivity index (χ2n) is 13.1. The van der Waals surface area contributed by atoms with Crippen molar-refractivity contribution in [1.82, 2.24) is 0 Å². The number of aliphatic hydroxyl groups is 2. The number of carboxylic acid groups (broad SMARTS) is 1. The molecule has 214 valence electrons. The predicted octanol–water partition coefficient (Wildman–Crippen LogP) is 6.51. The number of fused-ring (bicyclic) bond motifs is 1. The predicted molar refractivity (Wildman–Crippen MR) is 149 cm³/mol. The lowest BCUT2D eigenvalue weighted by Crippen LogP contribution is -2.42. The molecule has 38 heavy (non-hydrogen) atoms. The maximum absolute atomic E-state index is 12.6. The van der Waals surface area contributed by atoms with E-state index < -0.39 is 11.6 Å². The Balaban J connectivity index is 1.80. The van der Waals surface area contributed by atoms with Crippen LogP contribution in [0.3, 0.4) is 0 Å². The van der Waals surface area contributed by atoms with E-state index >= 15 is 0 Å². The van der Waals surface area contributed by atoms with Gasteiger partial charge in [0, 0.05) is 19.3 Å². The van der Waals surface area contributed by atoms with Gasteiger partial charge in [0.2, 0.25) is 0 Å². The van der Waals surface area contributed by atoms with Crippen LogP contribution in [0.2, 0.25) is 0 Å². The van der Waals surface area contributed by atoms with Crippen molar-refractivity contribution in [2.75, 3.05) is 0 Å². The number of ether oxygens (including phenoxy) is 1. The van der Waals surface area contributed by atoms with Gasteiger partial charge in [0.05, 0.1) is 11.7 Å². The topological polar surface area (TPSA) is 104 Å². The summed E-state index contributed by atoms with van der Waals surface area (Å²) in [6.45, 7) is 12.7. The molecule has 0 amide bonds. The van der Waals surface area contributed by atoms with Crippen molar-refractivity contribution in [3.8, 4) is 0 Å². The Hall–Kier alpha value is -1.92. The largest absolute Gasteiger partial charge is 0.481 e. The monoisotopic (exact) mass is 530 g/mol. The molecule has 3 rings (SSSR count). The Morgan fingerprint density at radius 3 is 2.58 bits per heavy atom. The van der Waals surface area contributed by atoms with Gasteiger partial charge in [0.15, 0.2) is 0 Å². The third-order valence-corrected chi connectivity index (χ3v) is 9.38. The number of esters is 1. The van der Waals surface area contributed by atoms with Crippen LogP contribution in [0.1, 0.15) is 111 Å². The highest BCUT2D eigenvalue weighted by Gasteiger charge is 2.53. The van der Waals surface area contributed by atoms with E-state index in [9.17, 15) is 19.8 Å². The van der Waals surface area contributed by atoms with E-state index in [1.54, 1.807) is 0 Å². The summed E-state index contributed by atoms with van der Waals surface area (Å²) in [5.74, 6) is 0.221. The molecular formula is C32H50O6. The highest BCUT2D eigenvalue weighted by atomic mass is 16.5. The first kappa shape index (κ1) is 30.6. The molecule has 0 spiro atoms. The van der Waals surface area contributed by atoms with E-state index in [0.29, 0.717) is 37.0 Å². The van der Waals surface area contributed by atoms with Crippen LogP contribution in [0, 0.1) is 23.2 Å². The summed E-state index contributed by atoms with van der Waals surface area (Å²) in [6.07, 6.45) is 13.0. The van der Waals surface area contributed by atoms with Gasteiger partial charge in [-0.1, -0.05) is 56.6 Å². The molecule has 3 fully saturated rings. The number of hydrogen-bond donors (Lipinski definition) is 3. The van der Waals surface area contributed by atoms with Crippen molar-refractivity contribution in [3.05, 3.63) is 35.5 Å². The standard InChI is InChI=1S/C32H50O6/c1-21-11-14-25(33)18-23(21)12-13-24-19-26(38-30(36)10-6-9-29(34)35)20-32(5)27(15-16-28(24)32)22(2)8-7-17-31(3,4)37/h12-13,22,25-28,33,37H,1,6-11,14-20H2,2-5H3,(H,34,35)/b23-12-,24-13+/t22-,25+,26+,27-,28?,32-/m1/s1. The smallest absolute Gasteiger partial charge is 0.306 e. The lowest BCUT2D eigenvalue weighted by Gasteiger charge is -2.47. The third kappa shape index (κ3) is 8.29. The van der Waals surface area contributed by atoms with E-state index in [-0.39, 0.29) is 36.4 Å². The van der Waals surface area contributed by atoms with E-state index in [2.05, 4.69) is 32.6 Å². The minimum Gasteiger partial charge on any atom is -0.481 e. The first-order chi connectivity index (χ1) is 17.8. The summed E-state index contributed by atoms with van der Waals surface area (Å²) in [5, 5.41) is 29.2. The Morgan fingerprint density at radius 2 is 1.89 bits per heavy atom. The number of carboxylic acids is 1. The van der Waals surface area contributed by atoms with Gasteiger partial charge in [-0.25, -0.2) is 0 Å². The van der Waals surface area contributed by atoms with Crippen molar-refractivity contribution in [2.45, 2.75) is 129 Å². The SMILES string of the molecule is C=C1CC[C@H](O)C/C1=C/C=C1\C[C@H](OC(=O)CCCC(=O)O)C[C@@]2(C)C1CC[C@@H]2[C@H](C)CCCC(C)(C)O. The van der Waals surface area contributed by atoms with Crippen molar-refractivity contribution in [1.29, 1.82) is 0 Å². The molecule has 0 aromatic heterocycles. The average molecular weight is 531 g/mol. The first-order valence-electron chi connectivity index (χ1n) is 14.7. The van der Waals surface area contributed by atoms with Crippen molar-refractivity contribution >= 4 is 11.9 Å². The number of aliphatic carboxylic acids is 1. The van der Waals surface area contributed by atoms with Crippen LogP contribution < -0.4 is 0 Å². The van der Waals surface area contributed by atoms with Crippen molar-refractivity contribution < 1.29 is 29.6 Å². The fraction of sp³-hybridized carbons (Fsp3) is 0.750. The van der Waals surface area contributed by atoms with Gasteiger partial charge in [-0.3, -0.25) is 9.59 Å². The zero-order valence-electron chi connectivity index (χ0n) is 24.0. The summed E-state index contributed by atoms with van der Waals surface area (Å²) < 4.78 is 5.98. The van der Waals surface area contributed by atoms with Gasteiger partial charge in [0.1, 0.15) is 6.10 Å². The fourth-order valence-electron chi connectivity index (χ4n) is 7.42. The quantitative estimate of drug-likeness (QED) is 0.263. The lowest BCUT2D eigenvalue weighted by molar-refractivity contribution is -0.153. The fourth-order valence-corrected chi connectivity index (χ4v) is 7.42. The number of carbonyl (C=O) groups excluding carboxylic acids is 1. The summed E-state index contributed by atoms with van der Waals surface area (Å²) in [5.41, 5.74) is 2.88. The van der Waals surface area contributed by atoms with Gasteiger partial charge in [-0.15, -0.1) is 0 Å². The minimum atomic E-state index is -0.897. The molecule has 0 heterocycles. The highest BCUT2D eigenvalue weighted by Crippen LogP contribution is 2.60. The van der Waals surface area contributed by atoms with Crippen LogP contribution in [-0.2, 0) is 14.3 Å². The Morgan fingerprint density at radius 1 is 1.16 bits per heavy atom. The number of allylic oxidation sites excluding steroid dienone is 3. The Labute approximate surface area is 229 Å². The summed E-state index contributed by atoms with van der Waals surface area (Å²) in [6, 6.07) is 0. The highest BCUT2D eigenvalue weighted by molar-refractivity contribution is 5.71. The molecule has 3 aliphatic rings. The molecule has 3 N–H and O–H groups in total. The molecule has 0 aliphatic heterocycles. The summed E-state index contributed by atoms with van der Waals surface area (Å²) in [4.78, 5) is 23.5. The third-order valence-electron chi connectivity index (χ3n) is 9.38. The molecule has 3 saturated carbocycles. The first-order valence-corrected chi connectivity index (χ1v) is 14.7. The molecule has 6 heteroatoms. The van der Waals surface area contributed by atoms with E-state index in [4.69, 9.17) is 9.84 Å². The van der Waals surface area contributed by atoms with Gasteiger partial charge in [-0.2, -0.15) is 0 Å². The number of rotatable bonds is 11. The maximum atomic E-state index is 12.6. The van der Waals surface area contributed by atoms with Crippen LogP contribution in [0.5, 0.6) is 0 Å². The molecular weight excluding hydrogens is 480 g/mol. The molecule has 0 aromatic carbocycles. The van der Waals surface area contributed by atoms with Gasteiger partial charge >= 0.3 is 11.9 Å².